The molecule has 2 aliphatic heterocycles. The number of phenolic OH excluding ortho intramolecular Hbond substituents is 1. The van der Waals surface area contributed by atoms with E-state index >= 15 is 0 Å². The van der Waals surface area contributed by atoms with Crippen molar-refractivity contribution in [3.05, 3.63) is 58.7 Å². The minimum atomic E-state index is -0.766. The predicted octanol–water partition coefficient (Wildman–Crippen LogP) is 7.66. The van der Waals surface area contributed by atoms with Crippen LogP contribution >= 0.6 is 0 Å². The highest BCUT2D eigenvalue weighted by molar-refractivity contribution is 5.99. The summed E-state index contributed by atoms with van der Waals surface area (Å²) >= 11 is 0. The number of carbonyl (C=O) groups excluding carboxylic acids is 1. The Kier molecular flexibility index (Phi) is 11.6. The van der Waals surface area contributed by atoms with E-state index in [1.54, 1.807) is 19.1 Å². The Bertz CT molecular complexity index is 1100. The molecule has 1 aromatic rings. The van der Waals surface area contributed by atoms with E-state index in [-0.39, 0.29) is 30.5 Å². The average Bonchev–Trinajstić information content (AvgIpc) is 2.88. The van der Waals surface area contributed by atoms with Crippen molar-refractivity contribution in [3.8, 4) is 5.75 Å². The van der Waals surface area contributed by atoms with Crippen LogP contribution in [0.25, 0.3) is 5.57 Å². The summed E-state index contributed by atoms with van der Waals surface area (Å²) in [5, 5.41) is 20.8. The first-order valence-electron chi connectivity index (χ1n) is 15.0. The summed E-state index contributed by atoms with van der Waals surface area (Å²) in [6.07, 6.45) is 13.9. The van der Waals surface area contributed by atoms with Gasteiger partial charge in [0.15, 0.2) is 5.79 Å². The smallest absolute Gasteiger partial charge is 0.339 e. The normalized spacial score (nSPS) is 26.9. The van der Waals surface area contributed by atoms with Gasteiger partial charge in [0.05, 0.1) is 23.9 Å². The third-order valence-electron chi connectivity index (χ3n) is 8.11. The first-order chi connectivity index (χ1) is 18.9. The maximum absolute atomic E-state index is 12.2. The Morgan fingerprint density at radius 2 is 2.00 bits per heavy atom. The van der Waals surface area contributed by atoms with Crippen molar-refractivity contribution in [3.63, 3.8) is 0 Å². The van der Waals surface area contributed by atoms with Crippen molar-refractivity contribution < 1.29 is 29.2 Å². The summed E-state index contributed by atoms with van der Waals surface area (Å²) in [7, 11) is 0. The number of esters is 1. The van der Waals surface area contributed by atoms with Crippen molar-refractivity contribution >= 4 is 11.5 Å². The molecule has 3 rings (SSSR count). The second-order valence-corrected chi connectivity index (χ2v) is 12.1. The maximum atomic E-state index is 12.2. The fourth-order valence-corrected chi connectivity index (χ4v) is 5.97. The van der Waals surface area contributed by atoms with Crippen molar-refractivity contribution in [2.24, 2.45) is 11.8 Å². The number of aliphatic hydroxyl groups excluding tert-OH is 1. The molecule has 6 heteroatoms. The summed E-state index contributed by atoms with van der Waals surface area (Å²) in [6.45, 7) is 14.8. The van der Waals surface area contributed by atoms with Gasteiger partial charge in [0.25, 0.3) is 0 Å². The van der Waals surface area contributed by atoms with E-state index < -0.39 is 11.9 Å². The molecule has 2 heterocycles. The number of aromatic hydroxyl groups is 1. The summed E-state index contributed by atoms with van der Waals surface area (Å²) < 4.78 is 18.3. The monoisotopic (exact) mass is 554 g/mol. The summed E-state index contributed by atoms with van der Waals surface area (Å²) in [4.78, 5) is 12.2. The lowest BCUT2D eigenvalue weighted by Crippen LogP contribution is -2.48. The van der Waals surface area contributed by atoms with Gasteiger partial charge in [0.2, 0.25) is 0 Å². The van der Waals surface area contributed by atoms with Crippen LogP contribution in [0.4, 0.5) is 0 Å². The Morgan fingerprint density at radius 3 is 2.70 bits per heavy atom. The van der Waals surface area contributed by atoms with E-state index in [1.165, 1.54) is 5.57 Å². The minimum absolute atomic E-state index is 0.0765. The standard InChI is InChI=1S/C34H50O6/c1-8-11-24(5)32(9-2)40-34(7)20-27(35)18-28(39-34)15-14-23(4)16-22(3)12-10-13-26-21-38-33(37)30-17-25(6)31(36)19-29(26)30/h10,12-14,17,19,22,24,27-28,32,35-36H,8-9,11,15-16,18,20-21H2,1-7H3/b12-10+,23-14+,26-13+/t22-,24-,27-,28+,32+,34+/m0/s1. The number of aryl methyl sites for hydroxylation is 1. The van der Waals surface area contributed by atoms with E-state index in [0.29, 0.717) is 35.8 Å². The average molecular weight is 555 g/mol. The van der Waals surface area contributed by atoms with Crippen LogP contribution in [0.15, 0.2) is 42.0 Å². The third kappa shape index (κ3) is 8.79. The molecule has 222 valence electrons. The number of ether oxygens (including phenoxy) is 3. The molecule has 1 saturated heterocycles. The molecular weight excluding hydrogens is 504 g/mol. The third-order valence-corrected chi connectivity index (χ3v) is 8.11. The number of phenols is 1. The summed E-state index contributed by atoms with van der Waals surface area (Å²) in [6, 6.07) is 3.33. The number of hydrogen-bond acceptors (Lipinski definition) is 6. The lowest BCUT2D eigenvalue weighted by molar-refractivity contribution is -0.306. The number of fused-ring (bicyclic) bond motifs is 1. The highest BCUT2D eigenvalue weighted by Gasteiger charge is 2.40. The molecule has 0 bridgehead atoms. The fourth-order valence-electron chi connectivity index (χ4n) is 5.97. The SMILES string of the molecule is CCC[C@H](C)[C@@H](CC)O[C@]1(C)C[C@@H](O)C[C@@H](C/C=C(\C)C[C@@H](C)/C=C/C=C2\COC(=O)c3cc(C)c(O)cc32)O1. The Morgan fingerprint density at radius 1 is 1.25 bits per heavy atom. The molecule has 1 aromatic carbocycles. The van der Waals surface area contributed by atoms with E-state index in [4.69, 9.17) is 14.2 Å². The zero-order valence-corrected chi connectivity index (χ0v) is 25.5. The van der Waals surface area contributed by atoms with Crippen LogP contribution < -0.4 is 0 Å². The van der Waals surface area contributed by atoms with Crippen LogP contribution in [-0.2, 0) is 14.2 Å². The Balaban J connectivity index is 1.57. The number of aliphatic hydroxyl groups is 1. The molecule has 0 amide bonds. The molecule has 2 N–H and O–H groups in total. The van der Waals surface area contributed by atoms with Gasteiger partial charge in [-0.3, -0.25) is 0 Å². The van der Waals surface area contributed by atoms with Crippen LogP contribution in [0.1, 0.15) is 108 Å². The first-order valence-corrected chi connectivity index (χ1v) is 15.0. The van der Waals surface area contributed by atoms with Crippen LogP contribution in [0.3, 0.4) is 0 Å². The lowest BCUT2D eigenvalue weighted by atomic mass is 9.93. The van der Waals surface area contributed by atoms with Crippen LogP contribution in [-0.4, -0.2) is 46.9 Å². The van der Waals surface area contributed by atoms with Gasteiger partial charge in [0.1, 0.15) is 12.4 Å². The zero-order valence-electron chi connectivity index (χ0n) is 25.5. The number of benzene rings is 1. The highest BCUT2D eigenvalue weighted by atomic mass is 16.7. The number of cyclic esters (lactones) is 1. The molecular formula is C34H50O6. The molecule has 6 atom stereocenters. The van der Waals surface area contributed by atoms with E-state index in [1.807, 2.05) is 19.1 Å². The molecule has 0 unspecified atom stereocenters. The number of carbonyl (C=O) groups is 1. The molecule has 6 nitrogen and oxygen atoms in total. The van der Waals surface area contributed by atoms with Gasteiger partial charge < -0.3 is 24.4 Å². The number of allylic oxidation sites excluding steroid dienone is 4. The highest BCUT2D eigenvalue weighted by Crippen LogP contribution is 2.35. The molecule has 0 saturated carbocycles. The minimum Gasteiger partial charge on any atom is -0.508 e. The van der Waals surface area contributed by atoms with Gasteiger partial charge in [-0.15, -0.1) is 0 Å². The molecule has 0 spiro atoms. The van der Waals surface area contributed by atoms with Gasteiger partial charge in [-0.05, 0) is 87.1 Å². The lowest BCUT2D eigenvalue weighted by Gasteiger charge is -2.43. The maximum Gasteiger partial charge on any atom is 0.339 e. The molecule has 0 radical (unpaired) electrons. The molecule has 2 aliphatic rings. The summed E-state index contributed by atoms with van der Waals surface area (Å²) in [5.74, 6) is -0.180. The topological polar surface area (TPSA) is 85.2 Å². The molecule has 40 heavy (non-hydrogen) atoms. The zero-order chi connectivity index (χ0) is 29.4. The van der Waals surface area contributed by atoms with Gasteiger partial charge in [-0.25, -0.2) is 4.79 Å². The molecule has 1 fully saturated rings. The van der Waals surface area contributed by atoms with Crippen LogP contribution in [0.5, 0.6) is 5.75 Å². The Labute approximate surface area is 241 Å². The Hall–Kier alpha value is -2.41. The van der Waals surface area contributed by atoms with Gasteiger partial charge in [-0.1, -0.05) is 64.0 Å². The molecule has 0 aliphatic carbocycles. The first kappa shape index (κ1) is 32.1. The second-order valence-electron chi connectivity index (χ2n) is 12.1. The van der Waals surface area contributed by atoms with Crippen LogP contribution in [0, 0.1) is 18.8 Å². The van der Waals surface area contributed by atoms with E-state index in [9.17, 15) is 15.0 Å². The second kappa shape index (κ2) is 14.5. The van der Waals surface area contributed by atoms with E-state index in [2.05, 4.69) is 46.8 Å². The van der Waals surface area contributed by atoms with Crippen LogP contribution in [0.2, 0.25) is 0 Å². The van der Waals surface area contributed by atoms with Gasteiger partial charge in [0, 0.05) is 12.8 Å². The molecule has 0 aromatic heterocycles. The predicted molar refractivity (Wildman–Crippen MR) is 160 cm³/mol. The van der Waals surface area contributed by atoms with Crippen molar-refractivity contribution in [2.45, 2.75) is 118 Å². The summed E-state index contributed by atoms with van der Waals surface area (Å²) in [5.41, 5.74) is 4.01. The quantitative estimate of drug-likeness (QED) is 0.204. The van der Waals surface area contributed by atoms with E-state index in [0.717, 1.165) is 43.2 Å². The number of hydrogen-bond donors (Lipinski definition) is 2. The van der Waals surface area contributed by atoms with Crippen molar-refractivity contribution in [2.75, 3.05) is 6.61 Å². The van der Waals surface area contributed by atoms with Crippen molar-refractivity contribution in [1.82, 2.24) is 0 Å². The largest absolute Gasteiger partial charge is 0.508 e. The fraction of sp³-hybridized carbons (Fsp3) is 0.618. The number of rotatable bonds is 12. The van der Waals surface area contributed by atoms with Gasteiger partial charge >= 0.3 is 5.97 Å². The van der Waals surface area contributed by atoms with Gasteiger partial charge in [-0.2, -0.15) is 0 Å². The van der Waals surface area contributed by atoms with Crippen molar-refractivity contribution in [1.29, 1.82) is 0 Å².